The van der Waals surface area contributed by atoms with Gasteiger partial charge in [-0.05, 0) is 13.8 Å². The number of rotatable bonds is 3. The summed E-state index contributed by atoms with van der Waals surface area (Å²) in [4.78, 5) is 0. The molecule has 0 spiro atoms. The fourth-order valence-electron chi connectivity index (χ4n) is 0.824. The average Bonchev–Trinajstić information content (AvgIpc) is 2.29. The van der Waals surface area contributed by atoms with Crippen molar-refractivity contribution >= 4 is 0 Å². The Bertz CT molecular complexity index is 161. The molecule has 1 saturated carbocycles. The van der Waals surface area contributed by atoms with Gasteiger partial charge < -0.3 is 10.5 Å². The number of halogens is 2. The Kier molecular flexibility index (Phi) is 1.92. The molecule has 1 aliphatic carbocycles. The van der Waals surface area contributed by atoms with Crippen LogP contribution in [0, 0.1) is 0 Å². The van der Waals surface area contributed by atoms with Crippen LogP contribution in [-0.4, -0.2) is 24.2 Å². The second-order valence-electron chi connectivity index (χ2n) is 3.40. The third-order valence-corrected chi connectivity index (χ3v) is 1.82. The van der Waals surface area contributed by atoms with E-state index in [-0.39, 0.29) is 19.1 Å². The minimum Gasteiger partial charge on any atom is -0.377 e. The van der Waals surface area contributed by atoms with Crippen LogP contribution in [0.15, 0.2) is 0 Å². The van der Waals surface area contributed by atoms with Gasteiger partial charge in [0.2, 0.25) is 0 Å². The van der Waals surface area contributed by atoms with Crippen LogP contribution < -0.4 is 5.73 Å². The molecule has 4 heteroatoms. The molecule has 1 atom stereocenters. The zero-order chi connectivity index (χ0) is 8.70. The normalized spacial score (nSPS) is 34.4. The summed E-state index contributed by atoms with van der Waals surface area (Å²) in [6.45, 7) is 3.55. The second kappa shape index (κ2) is 2.38. The summed E-state index contributed by atoms with van der Waals surface area (Å²) < 4.78 is 29.9. The van der Waals surface area contributed by atoms with E-state index in [2.05, 4.69) is 0 Å². The van der Waals surface area contributed by atoms with Crippen molar-refractivity contribution in [3.8, 4) is 0 Å². The maximum Gasteiger partial charge on any atom is 0.270 e. The third-order valence-electron chi connectivity index (χ3n) is 1.82. The average molecular weight is 165 g/mol. The van der Waals surface area contributed by atoms with Gasteiger partial charge in [0.05, 0.1) is 12.7 Å². The highest BCUT2D eigenvalue weighted by atomic mass is 19.3. The lowest BCUT2D eigenvalue weighted by atomic mass is 10.3. The summed E-state index contributed by atoms with van der Waals surface area (Å²) in [5, 5.41) is 0. The molecule has 2 N–H and O–H groups in total. The molecule has 1 aliphatic rings. The molecule has 0 saturated heterocycles. The van der Waals surface area contributed by atoms with Crippen LogP contribution in [0.25, 0.3) is 0 Å². The monoisotopic (exact) mass is 165 g/mol. The lowest BCUT2D eigenvalue weighted by Crippen LogP contribution is -2.36. The van der Waals surface area contributed by atoms with Gasteiger partial charge in [0.25, 0.3) is 5.92 Å². The first-order valence-electron chi connectivity index (χ1n) is 3.66. The minimum atomic E-state index is -2.71. The van der Waals surface area contributed by atoms with Gasteiger partial charge in [-0.3, -0.25) is 0 Å². The highest BCUT2D eigenvalue weighted by Crippen LogP contribution is 2.50. The Labute approximate surface area is 64.7 Å². The van der Waals surface area contributed by atoms with Gasteiger partial charge in [-0.2, -0.15) is 0 Å². The van der Waals surface area contributed by atoms with E-state index < -0.39 is 11.5 Å². The summed E-state index contributed by atoms with van der Waals surface area (Å²) >= 11 is 0. The SMILES string of the molecule is CC(C)OCC1(N)CC1(F)F. The van der Waals surface area contributed by atoms with E-state index in [9.17, 15) is 8.78 Å². The zero-order valence-electron chi connectivity index (χ0n) is 6.73. The smallest absolute Gasteiger partial charge is 0.270 e. The minimum absolute atomic E-state index is 0.0353. The molecule has 0 amide bonds. The standard InChI is InChI=1S/C7H13F2NO/c1-5(2)11-4-6(10)3-7(6,8)9/h5H,3-4,10H2,1-2H3. The maximum absolute atomic E-state index is 12.4. The van der Waals surface area contributed by atoms with E-state index in [1.807, 2.05) is 0 Å². The summed E-state index contributed by atoms with van der Waals surface area (Å²) in [6.07, 6.45) is -0.279. The molecular weight excluding hydrogens is 152 g/mol. The van der Waals surface area contributed by atoms with E-state index in [4.69, 9.17) is 10.5 Å². The quantitative estimate of drug-likeness (QED) is 0.680. The maximum atomic E-state index is 12.4. The van der Waals surface area contributed by atoms with Crippen molar-refractivity contribution in [2.45, 2.75) is 37.8 Å². The van der Waals surface area contributed by atoms with Crippen molar-refractivity contribution in [1.29, 1.82) is 0 Å². The molecule has 1 rings (SSSR count). The molecule has 0 aromatic heterocycles. The van der Waals surface area contributed by atoms with Crippen LogP contribution in [0.5, 0.6) is 0 Å². The van der Waals surface area contributed by atoms with Gasteiger partial charge in [0.15, 0.2) is 0 Å². The Morgan fingerprint density at radius 3 is 2.27 bits per heavy atom. The highest BCUT2D eigenvalue weighted by Gasteiger charge is 2.69. The molecule has 0 heterocycles. The molecule has 0 bridgehead atoms. The van der Waals surface area contributed by atoms with E-state index in [0.29, 0.717) is 0 Å². The largest absolute Gasteiger partial charge is 0.377 e. The predicted molar refractivity (Wildman–Crippen MR) is 37.6 cm³/mol. The molecule has 1 unspecified atom stereocenters. The van der Waals surface area contributed by atoms with Crippen molar-refractivity contribution in [1.82, 2.24) is 0 Å². The van der Waals surface area contributed by atoms with E-state index in [0.717, 1.165) is 0 Å². The summed E-state index contributed by atoms with van der Waals surface area (Å²) in [5.74, 6) is -2.71. The first-order valence-corrected chi connectivity index (χ1v) is 3.66. The van der Waals surface area contributed by atoms with Crippen molar-refractivity contribution < 1.29 is 13.5 Å². The number of alkyl halides is 2. The third kappa shape index (κ3) is 1.68. The Morgan fingerprint density at radius 1 is 1.55 bits per heavy atom. The lowest BCUT2D eigenvalue weighted by Gasteiger charge is -2.12. The van der Waals surface area contributed by atoms with Crippen molar-refractivity contribution in [3.05, 3.63) is 0 Å². The number of nitrogens with two attached hydrogens (primary N) is 1. The predicted octanol–water partition coefficient (Wildman–Crippen LogP) is 1.15. The van der Waals surface area contributed by atoms with Crippen molar-refractivity contribution in [2.75, 3.05) is 6.61 Å². The topological polar surface area (TPSA) is 35.2 Å². The Hall–Kier alpha value is -0.220. The lowest BCUT2D eigenvalue weighted by molar-refractivity contribution is 0.0188. The van der Waals surface area contributed by atoms with Gasteiger partial charge in [0, 0.05) is 6.42 Å². The summed E-state index contributed by atoms with van der Waals surface area (Å²) in [5.41, 5.74) is 3.92. The molecule has 0 aromatic rings. The van der Waals surface area contributed by atoms with Crippen LogP contribution in [0.3, 0.4) is 0 Å². The van der Waals surface area contributed by atoms with Gasteiger partial charge in [-0.25, -0.2) is 8.78 Å². The molecule has 66 valence electrons. The highest BCUT2D eigenvalue weighted by molar-refractivity contribution is 5.16. The zero-order valence-corrected chi connectivity index (χ0v) is 6.73. The molecule has 11 heavy (non-hydrogen) atoms. The van der Waals surface area contributed by atoms with Crippen molar-refractivity contribution in [2.24, 2.45) is 5.73 Å². The number of ether oxygens (including phenoxy) is 1. The molecule has 2 nitrogen and oxygen atoms in total. The number of hydrogen-bond donors (Lipinski definition) is 1. The van der Waals surface area contributed by atoms with Gasteiger partial charge in [0.1, 0.15) is 5.54 Å². The molecule has 0 radical (unpaired) electrons. The van der Waals surface area contributed by atoms with E-state index in [1.165, 1.54) is 0 Å². The molecule has 1 fully saturated rings. The molecule has 0 aliphatic heterocycles. The second-order valence-corrected chi connectivity index (χ2v) is 3.40. The van der Waals surface area contributed by atoms with Gasteiger partial charge in [-0.1, -0.05) is 0 Å². The van der Waals surface area contributed by atoms with Crippen LogP contribution in [-0.2, 0) is 4.74 Å². The van der Waals surface area contributed by atoms with Crippen molar-refractivity contribution in [3.63, 3.8) is 0 Å². The van der Waals surface area contributed by atoms with Crippen LogP contribution in [0.1, 0.15) is 20.3 Å². The summed E-state index contributed by atoms with van der Waals surface area (Å²) in [7, 11) is 0. The summed E-state index contributed by atoms with van der Waals surface area (Å²) in [6, 6.07) is 0. The van der Waals surface area contributed by atoms with Crippen LogP contribution in [0.2, 0.25) is 0 Å². The van der Waals surface area contributed by atoms with E-state index >= 15 is 0 Å². The van der Waals surface area contributed by atoms with Crippen LogP contribution >= 0.6 is 0 Å². The first kappa shape index (κ1) is 8.87. The fourth-order valence-corrected chi connectivity index (χ4v) is 0.824. The Morgan fingerprint density at radius 2 is 2.00 bits per heavy atom. The molecular formula is C7H13F2NO. The van der Waals surface area contributed by atoms with Crippen LogP contribution in [0.4, 0.5) is 8.78 Å². The first-order chi connectivity index (χ1) is 4.87. The fraction of sp³-hybridized carbons (Fsp3) is 1.00. The van der Waals surface area contributed by atoms with E-state index in [1.54, 1.807) is 13.8 Å². The Balaban J connectivity index is 2.29. The number of hydrogen-bond acceptors (Lipinski definition) is 2. The van der Waals surface area contributed by atoms with Gasteiger partial charge >= 0.3 is 0 Å². The molecule has 0 aromatic carbocycles. The van der Waals surface area contributed by atoms with Gasteiger partial charge in [-0.15, -0.1) is 0 Å².